The summed E-state index contributed by atoms with van der Waals surface area (Å²) in [6, 6.07) is 0. The average molecular weight is 272 g/mol. The molecule has 110 valence electrons. The SMILES string of the molecule is CN(CC(=O)O)CC1CCN(C(=O)OC(C)(C)C)C1. The Balaban J connectivity index is 2.37. The van der Waals surface area contributed by atoms with Crippen LogP contribution in [0.25, 0.3) is 0 Å². The zero-order valence-electron chi connectivity index (χ0n) is 12.2. The molecule has 6 nitrogen and oxygen atoms in total. The quantitative estimate of drug-likeness (QED) is 0.834. The fourth-order valence-electron chi connectivity index (χ4n) is 2.21. The van der Waals surface area contributed by atoms with Crippen molar-refractivity contribution in [1.29, 1.82) is 0 Å². The van der Waals surface area contributed by atoms with Crippen molar-refractivity contribution in [3.63, 3.8) is 0 Å². The van der Waals surface area contributed by atoms with E-state index in [9.17, 15) is 9.59 Å². The van der Waals surface area contributed by atoms with Gasteiger partial charge in [0, 0.05) is 19.6 Å². The zero-order valence-corrected chi connectivity index (χ0v) is 12.2. The summed E-state index contributed by atoms with van der Waals surface area (Å²) in [5.74, 6) is -0.513. The van der Waals surface area contributed by atoms with E-state index in [1.807, 2.05) is 20.8 Å². The Morgan fingerprint density at radius 1 is 1.42 bits per heavy atom. The number of amides is 1. The number of likely N-dealkylation sites (N-methyl/N-ethyl adjacent to an activating group) is 1. The van der Waals surface area contributed by atoms with Crippen molar-refractivity contribution in [3.05, 3.63) is 0 Å². The van der Waals surface area contributed by atoms with Crippen LogP contribution in [0.1, 0.15) is 27.2 Å². The Morgan fingerprint density at radius 3 is 2.58 bits per heavy atom. The normalized spacial score (nSPS) is 19.8. The molecule has 0 aromatic rings. The molecule has 0 aliphatic carbocycles. The number of ether oxygens (including phenoxy) is 1. The number of carboxylic acids is 1. The van der Waals surface area contributed by atoms with E-state index in [0.29, 0.717) is 25.6 Å². The van der Waals surface area contributed by atoms with Crippen LogP contribution in [0, 0.1) is 5.92 Å². The molecule has 0 saturated carbocycles. The molecule has 1 saturated heterocycles. The summed E-state index contributed by atoms with van der Waals surface area (Å²) in [6.45, 7) is 7.57. The van der Waals surface area contributed by atoms with Crippen LogP contribution in [-0.4, -0.2) is 65.8 Å². The Kier molecular flexibility index (Phi) is 5.17. The van der Waals surface area contributed by atoms with Crippen molar-refractivity contribution >= 4 is 12.1 Å². The van der Waals surface area contributed by atoms with Crippen LogP contribution in [0.15, 0.2) is 0 Å². The molecule has 0 spiro atoms. The molecule has 1 rings (SSSR count). The van der Waals surface area contributed by atoms with Gasteiger partial charge < -0.3 is 14.7 Å². The molecule has 1 fully saturated rings. The van der Waals surface area contributed by atoms with Crippen LogP contribution in [0.2, 0.25) is 0 Å². The summed E-state index contributed by atoms with van der Waals surface area (Å²) in [5, 5.41) is 8.70. The highest BCUT2D eigenvalue weighted by atomic mass is 16.6. The predicted molar refractivity (Wildman–Crippen MR) is 71.0 cm³/mol. The molecule has 19 heavy (non-hydrogen) atoms. The van der Waals surface area contributed by atoms with E-state index in [-0.39, 0.29) is 12.6 Å². The summed E-state index contributed by atoms with van der Waals surface area (Å²) >= 11 is 0. The van der Waals surface area contributed by atoms with Gasteiger partial charge in [-0.2, -0.15) is 0 Å². The molecule has 6 heteroatoms. The van der Waals surface area contributed by atoms with Crippen LogP contribution < -0.4 is 0 Å². The standard InChI is InChI=1S/C13H24N2O4/c1-13(2,3)19-12(18)15-6-5-10(8-15)7-14(4)9-11(16)17/h10H,5-9H2,1-4H3,(H,16,17). The Labute approximate surface area is 114 Å². The number of carboxylic acid groups (broad SMARTS) is 1. The number of hydrogen-bond donors (Lipinski definition) is 1. The number of likely N-dealkylation sites (tertiary alicyclic amines) is 1. The molecule has 0 bridgehead atoms. The molecule has 1 aliphatic rings. The van der Waals surface area contributed by atoms with E-state index in [2.05, 4.69) is 0 Å². The van der Waals surface area contributed by atoms with Gasteiger partial charge in [0.05, 0.1) is 6.54 Å². The third-order valence-corrected chi connectivity index (χ3v) is 2.91. The lowest BCUT2D eigenvalue weighted by atomic mass is 10.1. The molecule has 1 N–H and O–H groups in total. The molecule has 1 unspecified atom stereocenters. The van der Waals surface area contributed by atoms with Gasteiger partial charge in [-0.1, -0.05) is 0 Å². The lowest BCUT2D eigenvalue weighted by Gasteiger charge is -2.25. The second kappa shape index (κ2) is 6.23. The molecule has 0 aromatic heterocycles. The van der Waals surface area contributed by atoms with Crippen LogP contribution >= 0.6 is 0 Å². The molecule has 1 aliphatic heterocycles. The molecule has 1 amide bonds. The minimum absolute atomic E-state index is 0.0307. The van der Waals surface area contributed by atoms with Gasteiger partial charge in [-0.05, 0) is 40.2 Å². The fraction of sp³-hybridized carbons (Fsp3) is 0.846. The highest BCUT2D eigenvalue weighted by molar-refractivity contribution is 5.69. The average Bonchev–Trinajstić information content (AvgIpc) is 2.61. The summed E-state index contributed by atoms with van der Waals surface area (Å²) in [7, 11) is 1.78. The predicted octanol–water partition coefficient (Wildman–Crippen LogP) is 1.26. The highest BCUT2D eigenvalue weighted by Crippen LogP contribution is 2.20. The monoisotopic (exact) mass is 272 g/mol. The number of hydrogen-bond acceptors (Lipinski definition) is 4. The maximum atomic E-state index is 11.9. The van der Waals surface area contributed by atoms with E-state index >= 15 is 0 Å². The molecule has 1 heterocycles. The lowest BCUT2D eigenvalue weighted by molar-refractivity contribution is -0.138. The molecule has 1 atom stereocenters. The fourth-order valence-corrected chi connectivity index (χ4v) is 2.21. The first-order valence-corrected chi connectivity index (χ1v) is 6.55. The van der Waals surface area contributed by atoms with Crippen LogP contribution in [-0.2, 0) is 9.53 Å². The minimum atomic E-state index is -0.829. The van der Waals surface area contributed by atoms with Gasteiger partial charge in [0.25, 0.3) is 0 Å². The van der Waals surface area contributed by atoms with E-state index in [1.165, 1.54) is 0 Å². The molecule has 0 radical (unpaired) electrons. The number of rotatable bonds is 4. The van der Waals surface area contributed by atoms with Gasteiger partial charge in [0.2, 0.25) is 0 Å². The maximum Gasteiger partial charge on any atom is 0.410 e. The lowest BCUT2D eigenvalue weighted by Crippen LogP contribution is -2.36. The Bertz CT molecular complexity index is 338. The van der Waals surface area contributed by atoms with E-state index in [0.717, 1.165) is 6.42 Å². The van der Waals surface area contributed by atoms with Crippen molar-refractivity contribution < 1.29 is 19.4 Å². The third kappa shape index (κ3) is 5.92. The summed E-state index contributed by atoms with van der Waals surface area (Å²) in [6.07, 6.45) is 0.610. The van der Waals surface area contributed by atoms with E-state index in [4.69, 9.17) is 9.84 Å². The summed E-state index contributed by atoms with van der Waals surface area (Å²) in [5.41, 5.74) is -0.477. The van der Waals surface area contributed by atoms with Crippen molar-refractivity contribution in [2.45, 2.75) is 32.8 Å². The van der Waals surface area contributed by atoms with Crippen LogP contribution in [0.3, 0.4) is 0 Å². The number of nitrogens with zero attached hydrogens (tertiary/aromatic N) is 2. The van der Waals surface area contributed by atoms with Gasteiger partial charge in [-0.15, -0.1) is 0 Å². The number of carbonyl (C=O) groups excluding carboxylic acids is 1. The smallest absolute Gasteiger partial charge is 0.410 e. The maximum absolute atomic E-state index is 11.9. The molecular weight excluding hydrogens is 248 g/mol. The number of carbonyl (C=O) groups is 2. The second-order valence-corrected chi connectivity index (χ2v) is 6.17. The van der Waals surface area contributed by atoms with Gasteiger partial charge in [-0.3, -0.25) is 9.69 Å². The van der Waals surface area contributed by atoms with Crippen LogP contribution in [0.5, 0.6) is 0 Å². The Morgan fingerprint density at radius 2 is 2.05 bits per heavy atom. The minimum Gasteiger partial charge on any atom is -0.480 e. The van der Waals surface area contributed by atoms with E-state index < -0.39 is 11.6 Å². The van der Waals surface area contributed by atoms with Crippen molar-refractivity contribution in [1.82, 2.24) is 9.80 Å². The topological polar surface area (TPSA) is 70.1 Å². The zero-order chi connectivity index (χ0) is 14.6. The Hall–Kier alpha value is -1.30. The van der Waals surface area contributed by atoms with E-state index in [1.54, 1.807) is 16.8 Å². The molecular formula is C13H24N2O4. The largest absolute Gasteiger partial charge is 0.480 e. The second-order valence-electron chi connectivity index (χ2n) is 6.17. The van der Waals surface area contributed by atoms with Crippen LogP contribution in [0.4, 0.5) is 4.79 Å². The number of aliphatic carboxylic acids is 1. The van der Waals surface area contributed by atoms with Crippen molar-refractivity contribution in [3.8, 4) is 0 Å². The van der Waals surface area contributed by atoms with Crippen molar-refractivity contribution in [2.75, 3.05) is 33.2 Å². The summed E-state index contributed by atoms with van der Waals surface area (Å²) in [4.78, 5) is 25.9. The van der Waals surface area contributed by atoms with Crippen molar-refractivity contribution in [2.24, 2.45) is 5.92 Å². The first kappa shape index (κ1) is 15.8. The van der Waals surface area contributed by atoms with Gasteiger partial charge in [-0.25, -0.2) is 4.79 Å². The van der Waals surface area contributed by atoms with Gasteiger partial charge >= 0.3 is 12.1 Å². The highest BCUT2D eigenvalue weighted by Gasteiger charge is 2.30. The van der Waals surface area contributed by atoms with Gasteiger partial charge in [0.15, 0.2) is 0 Å². The first-order chi connectivity index (χ1) is 8.67. The first-order valence-electron chi connectivity index (χ1n) is 6.55. The summed E-state index contributed by atoms with van der Waals surface area (Å²) < 4.78 is 5.32. The van der Waals surface area contributed by atoms with Gasteiger partial charge in [0.1, 0.15) is 5.60 Å². The molecule has 0 aromatic carbocycles. The third-order valence-electron chi connectivity index (χ3n) is 2.91.